The molecular weight excluding hydrogens is 252 g/mol. The van der Waals surface area contributed by atoms with Gasteiger partial charge < -0.3 is 14.6 Å². The maximum atomic E-state index is 11.2. The average Bonchev–Trinajstić information content (AvgIpc) is 2.84. The van der Waals surface area contributed by atoms with Gasteiger partial charge in [0, 0.05) is 30.8 Å². The minimum absolute atomic E-state index is 0.176. The van der Waals surface area contributed by atoms with Crippen LogP contribution in [0.5, 0.6) is 0 Å². The summed E-state index contributed by atoms with van der Waals surface area (Å²) in [5.74, 6) is -0.176. The molecule has 1 aromatic carbocycles. The van der Waals surface area contributed by atoms with Crippen molar-refractivity contribution in [3.8, 4) is 0 Å². The van der Waals surface area contributed by atoms with Crippen LogP contribution in [0.15, 0.2) is 30.5 Å². The Kier molecular flexibility index (Phi) is 4.79. The molecule has 108 valence electrons. The Morgan fingerprint density at radius 2 is 2.15 bits per heavy atom. The molecule has 2 aromatic rings. The van der Waals surface area contributed by atoms with Crippen molar-refractivity contribution in [3.63, 3.8) is 0 Å². The molecular formula is C16H22N2O2. The highest BCUT2D eigenvalue weighted by Gasteiger charge is 2.05. The van der Waals surface area contributed by atoms with Crippen molar-refractivity contribution < 1.29 is 9.53 Å². The normalized spacial score (nSPS) is 11.2. The van der Waals surface area contributed by atoms with E-state index in [1.807, 2.05) is 6.20 Å². The lowest BCUT2D eigenvalue weighted by atomic mass is 10.1. The molecule has 0 radical (unpaired) electrons. The summed E-state index contributed by atoms with van der Waals surface area (Å²) in [6.07, 6.45) is 2.42. The summed E-state index contributed by atoms with van der Waals surface area (Å²) in [7, 11) is 1.42. The number of hydrogen-bond donors (Lipinski definition) is 1. The number of esters is 1. The molecule has 1 N–H and O–H groups in total. The lowest BCUT2D eigenvalue weighted by Gasteiger charge is -2.09. The second kappa shape index (κ2) is 6.57. The molecule has 0 spiro atoms. The van der Waals surface area contributed by atoms with Gasteiger partial charge in [-0.3, -0.25) is 4.79 Å². The molecule has 0 aliphatic heterocycles. The Hall–Kier alpha value is -1.81. The van der Waals surface area contributed by atoms with Crippen molar-refractivity contribution in [2.24, 2.45) is 0 Å². The van der Waals surface area contributed by atoms with Crippen LogP contribution in [-0.2, 0) is 22.6 Å². The van der Waals surface area contributed by atoms with E-state index in [-0.39, 0.29) is 5.97 Å². The van der Waals surface area contributed by atoms with Crippen molar-refractivity contribution in [2.75, 3.05) is 7.11 Å². The van der Waals surface area contributed by atoms with Gasteiger partial charge in [0.05, 0.1) is 13.5 Å². The SMILES string of the molecule is COC(=O)CCn1ccc2cc(CNC(C)C)ccc21. The molecule has 0 unspecified atom stereocenters. The lowest BCUT2D eigenvalue weighted by molar-refractivity contribution is -0.140. The van der Waals surface area contributed by atoms with E-state index in [1.54, 1.807) is 0 Å². The highest BCUT2D eigenvalue weighted by atomic mass is 16.5. The Morgan fingerprint density at radius 1 is 1.35 bits per heavy atom. The third-order valence-electron chi connectivity index (χ3n) is 3.33. The standard InChI is InChI=1S/C16H22N2O2/c1-12(2)17-11-13-4-5-15-14(10-13)6-8-18(15)9-7-16(19)20-3/h4-6,8,10,12,17H,7,9,11H2,1-3H3. The second-order valence-electron chi connectivity index (χ2n) is 5.26. The highest BCUT2D eigenvalue weighted by molar-refractivity contribution is 5.81. The van der Waals surface area contributed by atoms with Crippen molar-refractivity contribution in [1.29, 1.82) is 0 Å². The molecule has 2 rings (SSSR count). The predicted octanol–water partition coefficient (Wildman–Crippen LogP) is 2.70. The zero-order valence-corrected chi connectivity index (χ0v) is 12.3. The van der Waals surface area contributed by atoms with Crippen LogP contribution in [0.25, 0.3) is 10.9 Å². The Bertz CT molecular complexity index is 587. The number of ether oxygens (including phenoxy) is 1. The fraction of sp³-hybridized carbons (Fsp3) is 0.438. The van der Waals surface area contributed by atoms with Gasteiger partial charge in [0.1, 0.15) is 0 Å². The number of benzene rings is 1. The molecule has 0 bridgehead atoms. The van der Waals surface area contributed by atoms with Gasteiger partial charge in [-0.1, -0.05) is 19.9 Å². The number of rotatable bonds is 6. The number of hydrogen-bond acceptors (Lipinski definition) is 3. The fourth-order valence-electron chi connectivity index (χ4n) is 2.19. The monoisotopic (exact) mass is 274 g/mol. The molecule has 0 aliphatic rings. The van der Waals surface area contributed by atoms with Gasteiger partial charge >= 0.3 is 5.97 Å². The van der Waals surface area contributed by atoms with E-state index < -0.39 is 0 Å². The van der Waals surface area contributed by atoms with E-state index in [9.17, 15) is 4.79 Å². The minimum Gasteiger partial charge on any atom is -0.469 e. The number of aryl methyl sites for hydroxylation is 1. The van der Waals surface area contributed by atoms with Crippen LogP contribution >= 0.6 is 0 Å². The maximum absolute atomic E-state index is 11.2. The second-order valence-corrected chi connectivity index (χ2v) is 5.26. The quantitative estimate of drug-likeness (QED) is 0.824. The maximum Gasteiger partial charge on any atom is 0.307 e. The molecule has 0 amide bonds. The summed E-state index contributed by atoms with van der Waals surface area (Å²) in [6.45, 7) is 5.81. The first-order valence-electron chi connectivity index (χ1n) is 6.98. The first kappa shape index (κ1) is 14.6. The van der Waals surface area contributed by atoms with Gasteiger partial charge in [-0.05, 0) is 29.1 Å². The molecule has 1 heterocycles. The molecule has 0 aliphatic carbocycles. The summed E-state index contributed by atoms with van der Waals surface area (Å²) >= 11 is 0. The number of nitrogens with zero attached hydrogens (tertiary/aromatic N) is 1. The molecule has 0 fully saturated rings. The number of carbonyl (C=O) groups is 1. The van der Waals surface area contributed by atoms with Crippen LogP contribution in [0.1, 0.15) is 25.8 Å². The smallest absolute Gasteiger partial charge is 0.307 e. The van der Waals surface area contributed by atoms with E-state index >= 15 is 0 Å². The molecule has 0 saturated heterocycles. The molecule has 4 heteroatoms. The average molecular weight is 274 g/mol. The Balaban J connectivity index is 2.10. The van der Waals surface area contributed by atoms with E-state index in [0.717, 1.165) is 12.1 Å². The molecule has 4 nitrogen and oxygen atoms in total. The summed E-state index contributed by atoms with van der Waals surface area (Å²) in [4.78, 5) is 11.2. The van der Waals surface area contributed by atoms with Crippen LogP contribution in [0, 0.1) is 0 Å². The van der Waals surface area contributed by atoms with Crippen LogP contribution in [0.4, 0.5) is 0 Å². The highest BCUT2D eigenvalue weighted by Crippen LogP contribution is 2.18. The molecule has 0 saturated carbocycles. The summed E-state index contributed by atoms with van der Waals surface area (Å²) < 4.78 is 6.76. The fourth-order valence-corrected chi connectivity index (χ4v) is 2.19. The van der Waals surface area contributed by atoms with Crippen molar-refractivity contribution in [2.45, 2.75) is 39.4 Å². The number of fused-ring (bicyclic) bond motifs is 1. The van der Waals surface area contributed by atoms with E-state index in [4.69, 9.17) is 0 Å². The van der Waals surface area contributed by atoms with Crippen molar-refractivity contribution in [3.05, 3.63) is 36.0 Å². The number of aromatic nitrogens is 1. The van der Waals surface area contributed by atoms with Gasteiger partial charge in [-0.15, -0.1) is 0 Å². The lowest BCUT2D eigenvalue weighted by Crippen LogP contribution is -2.21. The van der Waals surface area contributed by atoms with Crippen LogP contribution in [0.2, 0.25) is 0 Å². The molecule has 20 heavy (non-hydrogen) atoms. The Morgan fingerprint density at radius 3 is 2.85 bits per heavy atom. The van der Waals surface area contributed by atoms with Gasteiger partial charge in [0.2, 0.25) is 0 Å². The summed E-state index contributed by atoms with van der Waals surface area (Å²) in [5, 5.41) is 4.62. The molecule has 0 atom stereocenters. The van der Waals surface area contributed by atoms with Gasteiger partial charge in [0.25, 0.3) is 0 Å². The minimum atomic E-state index is -0.176. The number of carbonyl (C=O) groups excluding carboxylic acids is 1. The van der Waals surface area contributed by atoms with E-state index in [0.29, 0.717) is 19.0 Å². The topological polar surface area (TPSA) is 43.3 Å². The number of methoxy groups -OCH3 is 1. The predicted molar refractivity (Wildman–Crippen MR) is 80.5 cm³/mol. The third-order valence-corrected chi connectivity index (χ3v) is 3.33. The third kappa shape index (κ3) is 3.61. The zero-order valence-electron chi connectivity index (χ0n) is 12.3. The van der Waals surface area contributed by atoms with E-state index in [2.05, 4.69) is 52.7 Å². The summed E-state index contributed by atoms with van der Waals surface area (Å²) in [5.41, 5.74) is 2.43. The van der Waals surface area contributed by atoms with E-state index in [1.165, 1.54) is 18.1 Å². The first-order chi connectivity index (χ1) is 9.60. The Labute approximate surface area is 119 Å². The van der Waals surface area contributed by atoms with Crippen LogP contribution in [-0.4, -0.2) is 23.7 Å². The zero-order chi connectivity index (χ0) is 14.5. The van der Waals surface area contributed by atoms with Crippen molar-refractivity contribution >= 4 is 16.9 Å². The molecule has 1 aromatic heterocycles. The van der Waals surface area contributed by atoms with Gasteiger partial charge in [-0.25, -0.2) is 0 Å². The summed E-state index contributed by atoms with van der Waals surface area (Å²) in [6, 6.07) is 9.01. The largest absolute Gasteiger partial charge is 0.469 e. The number of nitrogens with one attached hydrogen (secondary N) is 1. The van der Waals surface area contributed by atoms with Gasteiger partial charge in [0.15, 0.2) is 0 Å². The van der Waals surface area contributed by atoms with Gasteiger partial charge in [-0.2, -0.15) is 0 Å². The van der Waals surface area contributed by atoms with Crippen molar-refractivity contribution in [1.82, 2.24) is 9.88 Å². The first-order valence-corrected chi connectivity index (χ1v) is 6.98. The van der Waals surface area contributed by atoms with Crippen LogP contribution < -0.4 is 5.32 Å². The van der Waals surface area contributed by atoms with Crippen LogP contribution in [0.3, 0.4) is 0 Å².